The zero-order valence-corrected chi connectivity index (χ0v) is 17.1. The molecule has 1 amide bonds. The molecule has 0 radical (unpaired) electrons. The Morgan fingerprint density at radius 2 is 1.89 bits per heavy atom. The highest BCUT2D eigenvalue weighted by Crippen LogP contribution is 2.40. The van der Waals surface area contributed by atoms with Crippen molar-refractivity contribution in [2.24, 2.45) is 4.99 Å². The largest absolute Gasteiger partial charge is 0.486 e. The number of ether oxygens (including phenoxy) is 2. The van der Waals surface area contributed by atoms with E-state index in [-0.39, 0.29) is 11.9 Å². The number of carbonyl (C=O) groups excluding carboxylic acids is 1. The van der Waals surface area contributed by atoms with Gasteiger partial charge in [-0.3, -0.25) is 14.7 Å². The number of nitrogens with zero attached hydrogens (tertiary/aromatic N) is 2. The molecular formula is C21H19ClN2O3S. The summed E-state index contributed by atoms with van der Waals surface area (Å²) in [6, 6.07) is 13.0. The van der Waals surface area contributed by atoms with Crippen molar-refractivity contribution >= 4 is 46.2 Å². The monoisotopic (exact) mass is 414 g/mol. The minimum absolute atomic E-state index is 0.0499. The van der Waals surface area contributed by atoms with Crippen LogP contribution in [0, 0.1) is 0 Å². The number of rotatable bonds is 3. The first kappa shape index (κ1) is 18.9. The number of anilines is 1. The number of fused-ring (bicyclic) bond motifs is 1. The number of carbonyl (C=O) groups is 1. The molecule has 28 heavy (non-hydrogen) atoms. The van der Waals surface area contributed by atoms with Crippen molar-refractivity contribution in [3.8, 4) is 11.5 Å². The molecule has 0 aromatic heterocycles. The lowest BCUT2D eigenvalue weighted by Gasteiger charge is -2.18. The average Bonchev–Trinajstić information content (AvgIpc) is 2.96. The number of amidine groups is 1. The standard InChI is InChI=1S/C21H19ClN2O3S/c1-13(2)23-21-24(16-6-4-3-5-15(16)22)20(25)19(28-21)12-14-7-8-17-18(11-14)27-10-9-26-17/h3-8,11-13H,9-10H2,1-2H3/b19-12-,23-21?. The third-order valence-electron chi connectivity index (χ3n) is 4.13. The van der Waals surface area contributed by atoms with E-state index in [4.69, 9.17) is 21.1 Å². The number of hydrogen-bond acceptors (Lipinski definition) is 5. The summed E-state index contributed by atoms with van der Waals surface area (Å²) in [7, 11) is 0. The molecule has 0 spiro atoms. The van der Waals surface area contributed by atoms with Crippen molar-refractivity contribution < 1.29 is 14.3 Å². The summed E-state index contributed by atoms with van der Waals surface area (Å²) in [5, 5.41) is 1.13. The van der Waals surface area contributed by atoms with E-state index in [2.05, 4.69) is 4.99 Å². The van der Waals surface area contributed by atoms with Gasteiger partial charge >= 0.3 is 0 Å². The van der Waals surface area contributed by atoms with Gasteiger partial charge in [0.25, 0.3) is 5.91 Å². The molecule has 2 heterocycles. The van der Waals surface area contributed by atoms with Crippen LogP contribution in [0.3, 0.4) is 0 Å². The highest BCUT2D eigenvalue weighted by atomic mass is 35.5. The van der Waals surface area contributed by atoms with E-state index >= 15 is 0 Å². The molecule has 144 valence electrons. The van der Waals surface area contributed by atoms with Crippen molar-refractivity contribution in [1.82, 2.24) is 0 Å². The topological polar surface area (TPSA) is 51.1 Å². The van der Waals surface area contributed by atoms with Crippen LogP contribution in [0.25, 0.3) is 6.08 Å². The summed E-state index contributed by atoms with van der Waals surface area (Å²) in [5.74, 6) is 1.26. The summed E-state index contributed by atoms with van der Waals surface area (Å²) in [6.07, 6.45) is 1.85. The molecule has 7 heteroatoms. The van der Waals surface area contributed by atoms with Gasteiger partial charge in [-0.15, -0.1) is 0 Å². The van der Waals surface area contributed by atoms with Gasteiger partial charge in [0.2, 0.25) is 0 Å². The number of halogens is 1. The van der Waals surface area contributed by atoms with Crippen molar-refractivity contribution in [3.63, 3.8) is 0 Å². The van der Waals surface area contributed by atoms with Gasteiger partial charge in [-0.1, -0.05) is 29.8 Å². The average molecular weight is 415 g/mol. The Bertz CT molecular complexity index is 987. The van der Waals surface area contributed by atoms with Crippen LogP contribution in [-0.4, -0.2) is 30.3 Å². The lowest BCUT2D eigenvalue weighted by molar-refractivity contribution is -0.113. The van der Waals surface area contributed by atoms with E-state index in [9.17, 15) is 4.79 Å². The second-order valence-corrected chi connectivity index (χ2v) is 8.03. The van der Waals surface area contributed by atoms with Crippen molar-refractivity contribution in [3.05, 3.63) is 58.0 Å². The number of hydrogen-bond donors (Lipinski definition) is 0. The third-order valence-corrected chi connectivity index (χ3v) is 5.43. The number of thioether (sulfide) groups is 1. The summed E-state index contributed by atoms with van der Waals surface area (Å²) >= 11 is 7.70. The van der Waals surface area contributed by atoms with Crippen LogP contribution < -0.4 is 14.4 Å². The molecule has 0 bridgehead atoms. The summed E-state index contributed by atoms with van der Waals surface area (Å²) in [5.41, 5.74) is 1.50. The van der Waals surface area contributed by atoms with E-state index in [1.807, 2.05) is 56.3 Å². The summed E-state index contributed by atoms with van der Waals surface area (Å²) in [6.45, 7) is 5.02. The van der Waals surface area contributed by atoms with Gasteiger partial charge in [-0.25, -0.2) is 0 Å². The molecule has 0 saturated carbocycles. The Labute approximate surface area is 173 Å². The van der Waals surface area contributed by atoms with Crippen LogP contribution in [0.1, 0.15) is 19.4 Å². The molecule has 5 nitrogen and oxygen atoms in total. The Morgan fingerprint density at radius 3 is 2.64 bits per heavy atom. The van der Waals surface area contributed by atoms with E-state index in [1.165, 1.54) is 11.8 Å². The Balaban J connectivity index is 1.72. The molecular weight excluding hydrogens is 396 g/mol. The zero-order chi connectivity index (χ0) is 19.7. The second-order valence-electron chi connectivity index (χ2n) is 6.61. The van der Waals surface area contributed by atoms with Gasteiger partial charge in [0, 0.05) is 6.04 Å². The van der Waals surface area contributed by atoms with Crippen LogP contribution in [-0.2, 0) is 4.79 Å². The van der Waals surface area contributed by atoms with Gasteiger partial charge in [-0.05, 0) is 61.5 Å². The molecule has 0 unspecified atom stereocenters. The highest BCUT2D eigenvalue weighted by Gasteiger charge is 2.35. The molecule has 0 atom stereocenters. The van der Waals surface area contributed by atoms with Crippen molar-refractivity contribution in [1.29, 1.82) is 0 Å². The minimum atomic E-state index is -0.146. The molecule has 2 aromatic rings. The molecule has 0 N–H and O–H groups in total. The van der Waals surface area contributed by atoms with Crippen LogP contribution in [0.2, 0.25) is 5.02 Å². The minimum Gasteiger partial charge on any atom is -0.486 e. The van der Waals surface area contributed by atoms with E-state index in [1.54, 1.807) is 11.0 Å². The van der Waals surface area contributed by atoms with Crippen LogP contribution in [0.5, 0.6) is 11.5 Å². The van der Waals surface area contributed by atoms with E-state index in [0.717, 1.165) is 11.3 Å². The predicted octanol–water partition coefficient (Wildman–Crippen LogP) is 5.00. The summed E-state index contributed by atoms with van der Waals surface area (Å²) < 4.78 is 11.2. The Morgan fingerprint density at radius 1 is 1.14 bits per heavy atom. The molecule has 2 aliphatic rings. The third kappa shape index (κ3) is 3.75. The van der Waals surface area contributed by atoms with Gasteiger partial charge in [0.1, 0.15) is 13.2 Å². The Hall–Kier alpha value is -2.44. The highest BCUT2D eigenvalue weighted by molar-refractivity contribution is 8.19. The molecule has 4 rings (SSSR count). The first-order valence-corrected chi connectivity index (χ1v) is 10.2. The fourth-order valence-corrected chi connectivity index (χ4v) is 4.25. The fourth-order valence-electron chi connectivity index (χ4n) is 2.93. The number of amides is 1. The van der Waals surface area contributed by atoms with E-state index < -0.39 is 0 Å². The first-order chi connectivity index (χ1) is 13.5. The van der Waals surface area contributed by atoms with Crippen molar-refractivity contribution in [2.75, 3.05) is 18.1 Å². The van der Waals surface area contributed by atoms with Crippen LogP contribution in [0.15, 0.2) is 52.4 Å². The zero-order valence-electron chi connectivity index (χ0n) is 15.5. The van der Waals surface area contributed by atoms with Crippen LogP contribution in [0.4, 0.5) is 5.69 Å². The van der Waals surface area contributed by atoms with Gasteiger partial charge in [0.05, 0.1) is 15.6 Å². The van der Waals surface area contributed by atoms with Gasteiger partial charge in [0.15, 0.2) is 16.7 Å². The SMILES string of the molecule is CC(C)N=C1S/C(=C\c2ccc3c(c2)OCCO3)C(=O)N1c1ccccc1Cl. The van der Waals surface area contributed by atoms with Gasteiger partial charge < -0.3 is 9.47 Å². The normalized spacial score (nSPS) is 19.1. The predicted molar refractivity (Wildman–Crippen MR) is 115 cm³/mol. The maximum Gasteiger partial charge on any atom is 0.271 e. The van der Waals surface area contributed by atoms with Gasteiger partial charge in [-0.2, -0.15) is 0 Å². The van der Waals surface area contributed by atoms with Crippen LogP contribution >= 0.6 is 23.4 Å². The Kier molecular flexibility index (Phi) is 5.33. The molecule has 1 saturated heterocycles. The maximum atomic E-state index is 13.2. The molecule has 2 aliphatic heterocycles. The molecule has 2 aromatic carbocycles. The number of benzene rings is 2. The summed E-state index contributed by atoms with van der Waals surface area (Å²) in [4.78, 5) is 20.0. The first-order valence-electron chi connectivity index (χ1n) is 8.99. The maximum absolute atomic E-state index is 13.2. The fraction of sp³-hybridized carbons (Fsp3) is 0.238. The lowest BCUT2D eigenvalue weighted by Crippen LogP contribution is -2.29. The van der Waals surface area contributed by atoms with E-state index in [0.29, 0.717) is 39.7 Å². The number of para-hydroxylation sites is 1. The second kappa shape index (κ2) is 7.89. The number of aliphatic imine (C=N–C) groups is 1. The quantitative estimate of drug-likeness (QED) is 0.663. The lowest BCUT2D eigenvalue weighted by atomic mass is 10.1. The molecule has 0 aliphatic carbocycles. The van der Waals surface area contributed by atoms with Crippen molar-refractivity contribution in [2.45, 2.75) is 19.9 Å². The molecule has 1 fully saturated rings. The smallest absolute Gasteiger partial charge is 0.271 e.